The van der Waals surface area contributed by atoms with E-state index in [0.29, 0.717) is 36.6 Å². The Morgan fingerprint density at radius 3 is 2.33 bits per heavy atom. The van der Waals surface area contributed by atoms with Crippen LogP contribution in [-0.2, 0) is 17.8 Å². The van der Waals surface area contributed by atoms with Gasteiger partial charge in [-0.3, -0.25) is 9.59 Å². The van der Waals surface area contributed by atoms with Crippen LogP contribution in [0.2, 0.25) is 0 Å². The number of methoxy groups -OCH3 is 2. The van der Waals surface area contributed by atoms with Crippen LogP contribution in [0.5, 0.6) is 11.5 Å². The summed E-state index contributed by atoms with van der Waals surface area (Å²) in [6.45, 7) is 5.14. The third-order valence-corrected chi connectivity index (χ3v) is 14.5. The maximum Gasteiger partial charge on any atom is 0.227 e. The number of ether oxygens (including phenoxy) is 2. The van der Waals surface area contributed by atoms with Gasteiger partial charge >= 0.3 is 0 Å². The van der Waals surface area contributed by atoms with Crippen LogP contribution in [0.1, 0.15) is 80.5 Å². The molecule has 3 fully saturated rings. The summed E-state index contributed by atoms with van der Waals surface area (Å²) in [6, 6.07) is 19.0. The van der Waals surface area contributed by atoms with Crippen molar-refractivity contribution in [3.8, 4) is 11.5 Å². The summed E-state index contributed by atoms with van der Waals surface area (Å²) in [6.07, 6.45) is 13.2. The standard InChI is InChI=1S/C44H51NO7/c1-40-17-14-31(46)25-42(40)20-21-44(32(26-42)39(48)34-11-8-22-52-34)36(40)15-18-41(2)37(44)16-19-43(41,49)28-45(27-29-9-6-5-7-10-29)38(47)24-30-12-13-33(50-3)35(23-30)51-4/h5-13,20-23,26,31,36-37,46,49H,14-19,24-25,27-28H2,1-4H3. The largest absolute Gasteiger partial charge is 0.493 e. The van der Waals surface area contributed by atoms with E-state index in [1.165, 1.54) is 0 Å². The van der Waals surface area contributed by atoms with E-state index in [9.17, 15) is 19.8 Å². The highest BCUT2D eigenvalue weighted by Gasteiger charge is 2.74. The van der Waals surface area contributed by atoms with Gasteiger partial charge in [0, 0.05) is 28.4 Å². The van der Waals surface area contributed by atoms with Crippen LogP contribution < -0.4 is 9.47 Å². The highest BCUT2D eigenvalue weighted by molar-refractivity contribution is 6.08. The number of furan rings is 1. The summed E-state index contributed by atoms with van der Waals surface area (Å²) in [7, 11) is 3.17. The fourth-order valence-corrected chi connectivity index (χ4v) is 11.8. The number of fused-ring (bicyclic) bond motifs is 1. The number of nitrogens with zero attached hydrogens (tertiary/aromatic N) is 1. The molecule has 52 heavy (non-hydrogen) atoms. The zero-order chi connectivity index (χ0) is 36.5. The lowest BCUT2D eigenvalue weighted by Crippen LogP contribution is -2.67. The summed E-state index contributed by atoms with van der Waals surface area (Å²) in [5.74, 6) is 1.44. The quantitative estimate of drug-likeness (QED) is 0.168. The molecule has 8 heteroatoms. The minimum absolute atomic E-state index is 0.0355. The van der Waals surface area contributed by atoms with E-state index in [1.54, 1.807) is 32.6 Å². The first kappa shape index (κ1) is 34.9. The van der Waals surface area contributed by atoms with E-state index in [2.05, 4.69) is 32.1 Å². The fourth-order valence-electron chi connectivity index (χ4n) is 11.8. The van der Waals surface area contributed by atoms with Crippen molar-refractivity contribution in [1.82, 2.24) is 4.90 Å². The molecule has 6 aliphatic rings. The molecule has 0 aliphatic heterocycles. The number of allylic oxidation sites excluding steroid dienone is 4. The lowest BCUT2D eigenvalue weighted by Gasteiger charge is -2.71. The van der Waals surface area contributed by atoms with Gasteiger partial charge in [-0.1, -0.05) is 68.5 Å². The van der Waals surface area contributed by atoms with Gasteiger partial charge in [-0.25, -0.2) is 0 Å². The Morgan fingerprint density at radius 1 is 0.865 bits per heavy atom. The van der Waals surface area contributed by atoms with E-state index < -0.39 is 27.9 Å². The highest BCUT2D eigenvalue weighted by atomic mass is 16.5. The Labute approximate surface area is 306 Å². The van der Waals surface area contributed by atoms with Crippen LogP contribution in [0.3, 0.4) is 0 Å². The topological polar surface area (TPSA) is 109 Å². The number of Topliss-reactive ketones (excluding diaryl/α,β-unsaturated/α-hetero) is 1. The number of hydrogen-bond donors (Lipinski definition) is 2. The molecule has 274 valence electrons. The molecule has 8 nitrogen and oxygen atoms in total. The Bertz CT molecular complexity index is 1920. The number of carbonyl (C=O) groups is 2. The van der Waals surface area contributed by atoms with Crippen molar-refractivity contribution in [1.29, 1.82) is 0 Å². The monoisotopic (exact) mass is 705 g/mol. The predicted molar refractivity (Wildman–Crippen MR) is 197 cm³/mol. The van der Waals surface area contributed by atoms with Gasteiger partial charge in [0.2, 0.25) is 11.7 Å². The second-order valence-corrected chi connectivity index (χ2v) is 16.7. The van der Waals surface area contributed by atoms with Gasteiger partial charge in [-0.2, -0.15) is 0 Å². The molecule has 0 saturated heterocycles. The molecule has 3 aromatic rings. The molecule has 0 radical (unpaired) electrons. The van der Waals surface area contributed by atoms with Crippen LogP contribution in [0, 0.1) is 33.5 Å². The number of amides is 1. The summed E-state index contributed by atoms with van der Waals surface area (Å²) in [5, 5.41) is 24.1. The Balaban J connectivity index is 1.17. The summed E-state index contributed by atoms with van der Waals surface area (Å²) in [4.78, 5) is 30.7. The number of aliphatic hydroxyl groups is 2. The van der Waals surface area contributed by atoms with E-state index in [0.717, 1.165) is 48.8 Å². The van der Waals surface area contributed by atoms with Crippen molar-refractivity contribution >= 4 is 11.7 Å². The molecule has 9 rings (SSSR count). The minimum Gasteiger partial charge on any atom is -0.493 e. The number of hydrogen-bond acceptors (Lipinski definition) is 7. The number of benzene rings is 2. The minimum atomic E-state index is -1.19. The molecule has 8 atom stereocenters. The van der Waals surface area contributed by atoms with Crippen molar-refractivity contribution in [3.63, 3.8) is 0 Å². The molecule has 6 aliphatic carbocycles. The zero-order valence-corrected chi connectivity index (χ0v) is 30.8. The maximum atomic E-state index is 14.6. The molecule has 1 heterocycles. The van der Waals surface area contributed by atoms with Gasteiger partial charge in [0.1, 0.15) is 0 Å². The second kappa shape index (κ2) is 12.5. The Hall–Kier alpha value is -4.14. The van der Waals surface area contributed by atoms with Gasteiger partial charge in [0.25, 0.3) is 0 Å². The van der Waals surface area contributed by atoms with Gasteiger partial charge in [-0.05, 0) is 97.6 Å². The Kier molecular flexibility index (Phi) is 8.38. The van der Waals surface area contributed by atoms with Crippen LogP contribution in [0.25, 0.3) is 0 Å². The number of carbonyl (C=O) groups excluding carboxylic acids is 2. The average Bonchev–Trinajstić information content (AvgIpc) is 3.78. The van der Waals surface area contributed by atoms with Gasteiger partial charge < -0.3 is 29.0 Å². The van der Waals surface area contributed by atoms with E-state index >= 15 is 0 Å². The van der Waals surface area contributed by atoms with Crippen molar-refractivity contribution in [2.75, 3.05) is 20.8 Å². The molecular formula is C44H51NO7. The average molecular weight is 706 g/mol. The molecule has 2 spiro atoms. The summed E-state index contributed by atoms with van der Waals surface area (Å²) >= 11 is 0. The van der Waals surface area contributed by atoms with Crippen molar-refractivity contribution < 1.29 is 33.7 Å². The number of rotatable bonds is 10. The molecule has 2 bridgehead atoms. The third-order valence-electron chi connectivity index (χ3n) is 14.5. The SMILES string of the molecule is COc1ccc(CC(=O)N(Cc2ccccc2)CC2(O)CCC3C45C=CC6(C=C4C(=O)c4ccco4)CC(O)CCC6(C)C5CCC32C)cc1OC. The second-order valence-electron chi connectivity index (χ2n) is 16.7. The molecular weight excluding hydrogens is 654 g/mol. The third kappa shape index (κ3) is 5.00. The lowest BCUT2D eigenvalue weighted by atomic mass is 9.32. The molecule has 3 saturated carbocycles. The van der Waals surface area contributed by atoms with Crippen LogP contribution in [0.15, 0.2) is 95.1 Å². The van der Waals surface area contributed by atoms with Gasteiger partial charge in [0.05, 0.1) is 45.2 Å². The van der Waals surface area contributed by atoms with E-state index in [4.69, 9.17) is 13.9 Å². The molecule has 1 aromatic heterocycles. The van der Waals surface area contributed by atoms with E-state index in [-0.39, 0.29) is 41.9 Å². The Morgan fingerprint density at radius 2 is 1.60 bits per heavy atom. The molecule has 2 aromatic carbocycles. The predicted octanol–water partition coefficient (Wildman–Crippen LogP) is 7.34. The van der Waals surface area contributed by atoms with Crippen LogP contribution in [-0.4, -0.2) is 59.3 Å². The van der Waals surface area contributed by atoms with Crippen molar-refractivity contribution in [3.05, 3.63) is 108 Å². The maximum absolute atomic E-state index is 14.6. The molecule has 2 N–H and O–H groups in total. The van der Waals surface area contributed by atoms with Gasteiger partial charge in [0.15, 0.2) is 17.3 Å². The lowest BCUT2D eigenvalue weighted by molar-refractivity contribution is -0.178. The molecule has 8 unspecified atom stereocenters. The zero-order valence-electron chi connectivity index (χ0n) is 30.8. The van der Waals surface area contributed by atoms with Gasteiger partial charge in [-0.15, -0.1) is 0 Å². The van der Waals surface area contributed by atoms with Crippen LogP contribution in [0.4, 0.5) is 0 Å². The van der Waals surface area contributed by atoms with Crippen molar-refractivity contribution in [2.24, 2.45) is 33.5 Å². The fraction of sp³-hybridized carbons (Fsp3) is 0.500. The number of ketones is 1. The summed E-state index contributed by atoms with van der Waals surface area (Å²) in [5.41, 5.74) is -0.378. The first-order chi connectivity index (χ1) is 24.9. The van der Waals surface area contributed by atoms with Crippen LogP contribution >= 0.6 is 0 Å². The first-order valence-electron chi connectivity index (χ1n) is 18.9. The molecule has 1 amide bonds. The first-order valence-corrected chi connectivity index (χ1v) is 18.9. The number of aliphatic hydroxyl groups excluding tert-OH is 1. The van der Waals surface area contributed by atoms with Crippen molar-refractivity contribution in [2.45, 2.75) is 83.5 Å². The highest BCUT2D eigenvalue weighted by Crippen LogP contribution is 2.78. The van der Waals surface area contributed by atoms with E-state index in [1.807, 2.05) is 53.4 Å². The normalized spacial score (nSPS) is 35.6. The summed E-state index contributed by atoms with van der Waals surface area (Å²) < 4.78 is 16.7. The smallest absolute Gasteiger partial charge is 0.227 e.